The van der Waals surface area contributed by atoms with Gasteiger partial charge in [0.15, 0.2) is 0 Å². The molecule has 4 nitrogen and oxygen atoms in total. The third kappa shape index (κ3) is 4.78. The van der Waals surface area contributed by atoms with Gasteiger partial charge < -0.3 is 19.9 Å². The lowest BCUT2D eigenvalue weighted by Crippen LogP contribution is -2.30. The van der Waals surface area contributed by atoms with E-state index < -0.39 is 11.4 Å². The number of hydrogen-bond donors (Lipinski definition) is 2. The topological polar surface area (TPSA) is 50.7 Å². The van der Waals surface area contributed by atoms with E-state index in [0.29, 0.717) is 31.9 Å². The molecule has 0 radical (unpaired) electrons. The second-order valence-electron chi connectivity index (χ2n) is 4.61. The molecule has 0 aliphatic heterocycles. The quantitative estimate of drug-likeness (QED) is 0.706. The summed E-state index contributed by atoms with van der Waals surface area (Å²) in [6.07, 6.45) is 0.417. The molecule has 0 bridgehead atoms. The maximum atomic E-state index is 13.9. The van der Waals surface area contributed by atoms with E-state index in [-0.39, 0.29) is 5.56 Å². The van der Waals surface area contributed by atoms with Crippen molar-refractivity contribution in [2.24, 2.45) is 0 Å². The molecule has 0 saturated heterocycles. The monoisotopic (exact) mass is 271 g/mol. The number of methoxy groups -OCH3 is 2. The number of hydrogen-bond acceptors (Lipinski definition) is 4. The predicted octanol–water partition coefficient (Wildman–Crippen LogP) is 1.67. The lowest BCUT2D eigenvalue weighted by Gasteiger charge is -2.24. The minimum atomic E-state index is -1.21. The van der Waals surface area contributed by atoms with Gasteiger partial charge in [0.25, 0.3) is 0 Å². The Kier molecular flexibility index (Phi) is 6.21. The maximum absolute atomic E-state index is 13.9. The number of nitrogens with one attached hydrogen (secondary N) is 1. The Bertz CT molecular complexity index is 396. The van der Waals surface area contributed by atoms with Crippen LogP contribution in [0, 0.1) is 5.82 Å². The summed E-state index contributed by atoms with van der Waals surface area (Å²) in [5.74, 6) is -0.0171. The summed E-state index contributed by atoms with van der Waals surface area (Å²) in [7, 11) is 3.11. The van der Waals surface area contributed by atoms with Gasteiger partial charge in [0.05, 0.1) is 19.3 Å². The molecule has 0 spiro atoms. The fourth-order valence-corrected chi connectivity index (χ4v) is 1.83. The Hall–Kier alpha value is -1.17. The van der Waals surface area contributed by atoms with Gasteiger partial charge in [-0.1, -0.05) is 0 Å². The third-order valence-electron chi connectivity index (χ3n) is 3.03. The summed E-state index contributed by atoms with van der Waals surface area (Å²) in [5.41, 5.74) is -0.932. The molecule has 1 atom stereocenters. The minimum absolute atomic E-state index is 0.279. The van der Waals surface area contributed by atoms with Crippen LogP contribution in [0.5, 0.6) is 5.75 Å². The highest BCUT2D eigenvalue weighted by Crippen LogP contribution is 2.28. The summed E-state index contributed by atoms with van der Waals surface area (Å²) in [6, 6.07) is 4.48. The van der Waals surface area contributed by atoms with Crippen LogP contribution in [0.2, 0.25) is 0 Å². The van der Waals surface area contributed by atoms with Gasteiger partial charge in [0.1, 0.15) is 11.6 Å². The molecule has 1 unspecified atom stereocenters. The van der Waals surface area contributed by atoms with Crippen LogP contribution in [0.4, 0.5) is 4.39 Å². The fraction of sp³-hybridized carbons (Fsp3) is 0.571. The molecule has 0 amide bonds. The van der Waals surface area contributed by atoms with E-state index in [2.05, 4.69) is 5.32 Å². The second-order valence-corrected chi connectivity index (χ2v) is 4.61. The number of ether oxygens (including phenoxy) is 2. The van der Waals surface area contributed by atoms with E-state index in [1.54, 1.807) is 26.2 Å². The average Bonchev–Trinajstić information content (AvgIpc) is 2.37. The number of halogens is 1. The predicted molar refractivity (Wildman–Crippen MR) is 71.9 cm³/mol. The SMILES string of the molecule is COCCNCCC(C)(O)c1ccc(OC)cc1F. The first-order valence-electron chi connectivity index (χ1n) is 6.27. The Morgan fingerprint density at radius 1 is 1.32 bits per heavy atom. The average molecular weight is 271 g/mol. The molecule has 0 fully saturated rings. The van der Waals surface area contributed by atoms with Crippen LogP contribution in [0.1, 0.15) is 18.9 Å². The van der Waals surface area contributed by atoms with Crippen molar-refractivity contribution in [1.82, 2.24) is 5.32 Å². The van der Waals surface area contributed by atoms with Crippen LogP contribution >= 0.6 is 0 Å². The smallest absolute Gasteiger partial charge is 0.132 e. The zero-order valence-corrected chi connectivity index (χ0v) is 11.7. The van der Waals surface area contributed by atoms with Crippen LogP contribution in [0.3, 0.4) is 0 Å². The molecule has 0 heterocycles. The third-order valence-corrected chi connectivity index (χ3v) is 3.03. The summed E-state index contributed by atoms with van der Waals surface area (Å²) < 4.78 is 23.7. The first kappa shape index (κ1) is 15.9. The zero-order valence-electron chi connectivity index (χ0n) is 11.7. The first-order chi connectivity index (χ1) is 9.01. The molecule has 0 saturated carbocycles. The van der Waals surface area contributed by atoms with Gasteiger partial charge in [-0.05, 0) is 32.0 Å². The molecule has 1 aromatic carbocycles. The molecule has 0 aromatic heterocycles. The van der Waals surface area contributed by atoms with Crippen LogP contribution in [0.25, 0.3) is 0 Å². The second kappa shape index (κ2) is 7.43. The lowest BCUT2D eigenvalue weighted by molar-refractivity contribution is 0.0438. The molecule has 1 rings (SSSR count). The van der Waals surface area contributed by atoms with E-state index in [9.17, 15) is 9.50 Å². The Morgan fingerprint density at radius 3 is 2.63 bits per heavy atom. The molecule has 2 N–H and O–H groups in total. The van der Waals surface area contributed by atoms with Gasteiger partial charge >= 0.3 is 0 Å². The van der Waals surface area contributed by atoms with Gasteiger partial charge in [0, 0.05) is 25.3 Å². The van der Waals surface area contributed by atoms with Gasteiger partial charge in [0.2, 0.25) is 0 Å². The normalized spacial score (nSPS) is 14.2. The highest BCUT2D eigenvalue weighted by Gasteiger charge is 2.26. The highest BCUT2D eigenvalue weighted by molar-refractivity contribution is 5.32. The first-order valence-corrected chi connectivity index (χ1v) is 6.27. The van der Waals surface area contributed by atoms with Crippen molar-refractivity contribution in [2.45, 2.75) is 18.9 Å². The Balaban J connectivity index is 2.61. The van der Waals surface area contributed by atoms with E-state index in [1.165, 1.54) is 13.2 Å². The Labute approximate surface area is 113 Å². The Morgan fingerprint density at radius 2 is 2.05 bits per heavy atom. The number of rotatable bonds is 8. The molecule has 5 heteroatoms. The van der Waals surface area contributed by atoms with Crippen molar-refractivity contribution < 1.29 is 19.0 Å². The minimum Gasteiger partial charge on any atom is -0.497 e. The molecule has 1 aromatic rings. The van der Waals surface area contributed by atoms with E-state index >= 15 is 0 Å². The van der Waals surface area contributed by atoms with Gasteiger partial charge in [-0.25, -0.2) is 4.39 Å². The van der Waals surface area contributed by atoms with Crippen molar-refractivity contribution in [3.05, 3.63) is 29.6 Å². The maximum Gasteiger partial charge on any atom is 0.132 e. The molecular formula is C14H22FNO3. The number of aliphatic hydroxyl groups is 1. The summed E-state index contributed by atoms with van der Waals surface area (Å²) in [5, 5.41) is 13.5. The zero-order chi connectivity index (χ0) is 14.3. The number of benzene rings is 1. The van der Waals surface area contributed by atoms with Gasteiger partial charge in [-0.15, -0.1) is 0 Å². The highest BCUT2D eigenvalue weighted by atomic mass is 19.1. The standard InChI is InChI=1S/C14H22FNO3/c1-14(17,6-7-16-8-9-18-2)12-5-4-11(19-3)10-13(12)15/h4-5,10,16-17H,6-9H2,1-3H3. The van der Waals surface area contributed by atoms with E-state index in [0.717, 1.165) is 0 Å². The largest absolute Gasteiger partial charge is 0.497 e. The summed E-state index contributed by atoms with van der Waals surface area (Å²) in [6.45, 7) is 3.51. The van der Waals surface area contributed by atoms with Crippen molar-refractivity contribution in [3.8, 4) is 5.75 Å². The van der Waals surface area contributed by atoms with E-state index in [1.807, 2.05) is 0 Å². The van der Waals surface area contributed by atoms with Crippen molar-refractivity contribution in [2.75, 3.05) is 33.9 Å². The molecule has 108 valence electrons. The van der Waals surface area contributed by atoms with Gasteiger partial charge in [-0.2, -0.15) is 0 Å². The van der Waals surface area contributed by atoms with Crippen molar-refractivity contribution in [3.63, 3.8) is 0 Å². The van der Waals surface area contributed by atoms with Crippen molar-refractivity contribution >= 4 is 0 Å². The molecular weight excluding hydrogens is 249 g/mol. The molecule has 0 aliphatic carbocycles. The molecule has 19 heavy (non-hydrogen) atoms. The van der Waals surface area contributed by atoms with Crippen molar-refractivity contribution in [1.29, 1.82) is 0 Å². The summed E-state index contributed by atoms with van der Waals surface area (Å²) >= 11 is 0. The van der Waals surface area contributed by atoms with Crippen LogP contribution < -0.4 is 10.1 Å². The lowest BCUT2D eigenvalue weighted by atomic mass is 9.92. The van der Waals surface area contributed by atoms with E-state index in [4.69, 9.17) is 9.47 Å². The van der Waals surface area contributed by atoms with Crippen LogP contribution in [-0.2, 0) is 10.3 Å². The molecule has 0 aliphatic rings. The van der Waals surface area contributed by atoms with Crippen LogP contribution in [-0.4, -0.2) is 39.0 Å². The summed E-state index contributed by atoms with van der Waals surface area (Å²) in [4.78, 5) is 0. The van der Waals surface area contributed by atoms with Crippen LogP contribution in [0.15, 0.2) is 18.2 Å². The van der Waals surface area contributed by atoms with Gasteiger partial charge in [-0.3, -0.25) is 0 Å². The fourth-order valence-electron chi connectivity index (χ4n) is 1.83.